The summed E-state index contributed by atoms with van der Waals surface area (Å²) < 4.78 is 13.8. The molecule has 0 aliphatic heterocycles. The molecule has 2 rings (SSSR count). The minimum atomic E-state index is -0.425. The van der Waals surface area contributed by atoms with Crippen molar-refractivity contribution in [2.45, 2.75) is 6.54 Å². The molecule has 0 atom stereocenters. The zero-order valence-corrected chi connectivity index (χ0v) is 11.9. The number of nitrogens with zero attached hydrogens (tertiary/aromatic N) is 2. The predicted molar refractivity (Wildman–Crippen MR) is 72.3 cm³/mol. The van der Waals surface area contributed by atoms with Gasteiger partial charge in [-0.2, -0.15) is 0 Å². The number of aromatic nitrogens is 2. The van der Waals surface area contributed by atoms with Gasteiger partial charge in [-0.05, 0) is 23.8 Å². The maximum atomic E-state index is 13.1. The highest BCUT2D eigenvalue weighted by Gasteiger charge is 2.09. The molecule has 0 aliphatic rings. The van der Waals surface area contributed by atoms with E-state index in [-0.39, 0.29) is 23.2 Å². The van der Waals surface area contributed by atoms with Gasteiger partial charge in [0.15, 0.2) is 0 Å². The fraction of sp³-hybridized carbons (Fsp3) is 0.0833. The maximum Gasteiger partial charge on any atom is 0.271 e. The summed E-state index contributed by atoms with van der Waals surface area (Å²) in [6.45, 7) is 0.172. The summed E-state index contributed by atoms with van der Waals surface area (Å²) in [5, 5.41) is 2.75. The Morgan fingerprint density at radius 2 is 2.21 bits per heavy atom. The molecule has 1 N–H and O–H groups in total. The van der Waals surface area contributed by atoms with Crippen LogP contribution in [0.2, 0.25) is 5.15 Å². The summed E-state index contributed by atoms with van der Waals surface area (Å²) in [4.78, 5) is 19.4. The van der Waals surface area contributed by atoms with Gasteiger partial charge in [-0.1, -0.05) is 27.5 Å². The minimum Gasteiger partial charge on any atom is -0.347 e. The van der Waals surface area contributed by atoms with E-state index in [2.05, 4.69) is 31.2 Å². The van der Waals surface area contributed by atoms with E-state index in [4.69, 9.17) is 11.6 Å². The van der Waals surface area contributed by atoms with E-state index in [1.54, 1.807) is 6.07 Å². The minimum absolute atomic E-state index is 0.111. The number of benzene rings is 1. The molecule has 0 spiro atoms. The molecular weight excluding hydrogens is 337 g/mol. The highest BCUT2D eigenvalue weighted by molar-refractivity contribution is 9.10. The van der Waals surface area contributed by atoms with Crippen molar-refractivity contribution in [2.24, 2.45) is 0 Å². The van der Waals surface area contributed by atoms with Crippen LogP contribution < -0.4 is 5.32 Å². The number of carbonyl (C=O) groups excluding carboxylic acids is 1. The molecule has 4 nitrogen and oxygen atoms in total. The summed E-state index contributed by atoms with van der Waals surface area (Å²) in [5.41, 5.74) is 0.739. The Kier molecular flexibility index (Phi) is 4.44. The van der Waals surface area contributed by atoms with Gasteiger partial charge in [0.2, 0.25) is 0 Å². The SMILES string of the molecule is O=C(NCc1cc(F)ccc1Br)c1cncc(Cl)n1. The third-order valence-electron chi connectivity index (χ3n) is 2.28. The molecule has 0 bridgehead atoms. The lowest BCUT2D eigenvalue weighted by molar-refractivity contribution is 0.0945. The van der Waals surface area contributed by atoms with Crippen molar-refractivity contribution in [3.05, 3.63) is 57.3 Å². The number of hydrogen-bond acceptors (Lipinski definition) is 3. The number of nitrogens with one attached hydrogen (secondary N) is 1. The summed E-state index contributed by atoms with van der Waals surface area (Å²) >= 11 is 8.92. The van der Waals surface area contributed by atoms with Crippen molar-refractivity contribution >= 4 is 33.4 Å². The van der Waals surface area contributed by atoms with Gasteiger partial charge in [-0.25, -0.2) is 9.37 Å². The first-order chi connectivity index (χ1) is 9.06. The highest BCUT2D eigenvalue weighted by atomic mass is 79.9. The quantitative estimate of drug-likeness (QED) is 0.931. The molecule has 1 amide bonds. The van der Waals surface area contributed by atoms with Gasteiger partial charge in [0.1, 0.15) is 16.7 Å². The van der Waals surface area contributed by atoms with Gasteiger partial charge in [-0.15, -0.1) is 0 Å². The Bertz CT molecular complexity index is 624. The molecular formula is C12H8BrClFN3O. The Balaban J connectivity index is 2.06. The average molecular weight is 345 g/mol. The Morgan fingerprint density at radius 1 is 1.42 bits per heavy atom. The Labute approximate surface area is 122 Å². The lowest BCUT2D eigenvalue weighted by Gasteiger charge is -2.07. The van der Waals surface area contributed by atoms with Crippen LogP contribution >= 0.6 is 27.5 Å². The van der Waals surface area contributed by atoms with Crippen molar-refractivity contribution < 1.29 is 9.18 Å². The largest absolute Gasteiger partial charge is 0.347 e. The molecule has 1 aromatic heterocycles. The van der Waals surface area contributed by atoms with Crippen LogP contribution in [-0.2, 0) is 6.54 Å². The molecule has 0 aliphatic carbocycles. The first kappa shape index (κ1) is 13.9. The molecule has 2 aromatic rings. The first-order valence-corrected chi connectivity index (χ1v) is 6.43. The molecule has 0 unspecified atom stereocenters. The van der Waals surface area contributed by atoms with Crippen molar-refractivity contribution in [2.75, 3.05) is 0 Å². The van der Waals surface area contributed by atoms with Gasteiger partial charge in [0, 0.05) is 11.0 Å². The number of hydrogen-bond donors (Lipinski definition) is 1. The average Bonchev–Trinajstić information content (AvgIpc) is 2.39. The number of halogens is 3. The number of amides is 1. The van der Waals surface area contributed by atoms with E-state index in [0.29, 0.717) is 10.0 Å². The number of carbonyl (C=O) groups is 1. The summed E-state index contributed by atoms with van der Waals surface area (Å²) in [6, 6.07) is 4.25. The maximum absolute atomic E-state index is 13.1. The molecule has 0 radical (unpaired) electrons. The van der Waals surface area contributed by atoms with E-state index in [1.807, 2.05) is 0 Å². The lowest BCUT2D eigenvalue weighted by Crippen LogP contribution is -2.24. The summed E-state index contributed by atoms with van der Waals surface area (Å²) in [7, 11) is 0. The second-order valence-corrected chi connectivity index (χ2v) is 4.89. The summed E-state index contributed by atoms with van der Waals surface area (Å²) in [6.07, 6.45) is 2.64. The lowest BCUT2D eigenvalue weighted by atomic mass is 10.2. The molecule has 0 fully saturated rings. The first-order valence-electron chi connectivity index (χ1n) is 5.26. The fourth-order valence-corrected chi connectivity index (χ4v) is 1.93. The molecule has 1 heterocycles. The summed E-state index contributed by atoms with van der Waals surface area (Å²) in [5.74, 6) is -0.791. The molecule has 0 saturated carbocycles. The van der Waals surface area contributed by atoms with Gasteiger partial charge < -0.3 is 5.32 Å². The van der Waals surface area contributed by atoms with E-state index < -0.39 is 5.91 Å². The Morgan fingerprint density at radius 3 is 2.95 bits per heavy atom. The van der Waals surface area contributed by atoms with Crippen molar-refractivity contribution in [3.63, 3.8) is 0 Å². The normalized spacial score (nSPS) is 10.3. The highest BCUT2D eigenvalue weighted by Crippen LogP contribution is 2.17. The van der Waals surface area contributed by atoms with Crippen molar-refractivity contribution in [1.82, 2.24) is 15.3 Å². The molecule has 98 valence electrons. The van der Waals surface area contributed by atoms with Gasteiger partial charge >= 0.3 is 0 Å². The van der Waals surface area contributed by atoms with Crippen LogP contribution in [0, 0.1) is 5.82 Å². The van der Waals surface area contributed by atoms with Crippen LogP contribution in [0.3, 0.4) is 0 Å². The Hall–Kier alpha value is -1.53. The zero-order valence-electron chi connectivity index (χ0n) is 9.53. The third kappa shape index (κ3) is 3.71. The smallest absolute Gasteiger partial charge is 0.271 e. The van der Waals surface area contributed by atoms with E-state index in [1.165, 1.54) is 24.5 Å². The zero-order chi connectivity index (χ0) is 13.8. The number of rotatable bonds is 3. The van der Waals surface area contributed by atoms with Crippen molar-refractivity contribution in [3.8, 4) is 0 Å². The van der Waals surface area contributed by atoms with Gasteiger partial charge in [-0.3, -0.25) is 9.78 Å². The van der Waals surface area contributed by atoms with Gasteiger partial charge in [0.25, 0.3) is 5.91 Å². The monoisotopic (exact) mass is 343 g/mol. The van der Waals surface area contributed by atoms with E-state index in [0.717, 1.165) is 0 Å². The second kappa shape index (κ2) is 6.08. The third-order valence-corrected chi connectivity index (χ3v) is 3.24. The van der Waals surface area contributed by atoms with Crippen molar-refractivity contribution in [1.29, 1.82) is 0 Å². The van der Waals surface area contributed by atoms with Crippen LogP contribution in [0.1, 0.15) is 16.1 Å². The second-order valence-electron chi connectivity index (χ2n) is 3.65. The van der Waals surface area contributed by atoms with E-state index >= 15 is 0 Å². The standard InChI is InChI=1S/C12H8BrClFN3O/c13-9-2-1-8(15)3-7(9)4-17-12(19)10-5-16-6-11(14)18-10/h1-3,5-6H,4H2,(H,17,19). The predicted octanol–water partition coefficient (Wildman–Crippen LogP) is 2.96. The van der Waals surface area contributed by atoms with Crippen LogP contribution in [0.15, 0.2) is 35.1 Å². The van der Waals surface area contributed by atoms with Crippen LogP contribution in [0.4, 0.5) is 4.39 Å². The topological polar surface area (TPSA) is 54.9 Å². The molecule has 1 aromatic carbocycles. The van der Waals surface area contributed by atoms with Crippen LogP contribution in [0.25, 0.3) is 0 Å². The van der Waals surface area contributed by atoms with Crippen LogP contribution in [0.5, 0.6) is 0 Å². The van der Waals surface area contributed by atoms with Gasteiger partial charge in [0.05, 0.1) is 12.4 Å². The van der Waals surface area contributed by atoms with Crippen LogP contribution in [-0.4, -0.2) is 15.9 Å². The fourth-order valence-electron chi connectivity index (χ4n) is 1.40. The molecule has 0 saturated heterocycles. The molecule has 7 heteroatoms. The molecule has 19 heavy (non-hydrogen) atoms. The van der Waals surface area contributed by atoms with E-state index in [9.17, 15) is 9.18 Å².